The number of hydrogen-bond acceptors (Lipinski definition) is 4. The number of carboxylic acid groups (broad SMARTS) is 1. The van der Waals surface area contributed by atoms with E-state index in [0.29, 0.717) is 0 Å². The van der Waals surface area contributed by atoms with Crippen molar-refractivity contribution >= 4 is 11.9 Å². The summed E-state index contributed by atoms with van der Waals surface area (Å²) in [7, 11) is 0. The summed E-state index contributed by atoms with van der Waals surface area (Å²) in [5, 5.41) is 16.9. The Balaban J connectivity index is 2.58. The molecule has 0 bridgehead atoms. The highest BCUT2D eigenvalue weighted by Gasteiger charge is 2.44. The van der Waals surface area contributed by atoms with E-state index in [4.69, 9.17) is 5.11 Å². The minimum Gasteiger partial charge on any atom is -0.480 e. The van der Waals surface area contributed by atoms with Gasteiger partial charge in [-0.3, -0.25) is 4.79 Å². The fourth-order valence-corrected chi connectivity index (χ4v) is 0.994. The molecule has 0 aromatic heterocycles. The number of rotatable bonds is 4. The molecule has 0 radical (unpaired) electrons. The van der Waals surface area contributed by atoms with Crippen molar-refractivity contribution in [2.24, 2.45) is 10.2 Å². The van der Waals surface area contributed by atoms with Gasteiger partial charge in [0.15, 0.2) is 5.66 Å². The van der Waals surface area contributed by atoms with Gasteiger partial charge in [-0.25, -0.2) is 4.79 Å². The van der Waals surface area contributed by atoms with Gasteiger partial charge in [0, 0.05) is 6.42 Å². The number of aliphatic carboxylic acids is 1. The van der Waals surface area contributed by atoms with Crippen molar-refractivity contribution < 1.29 is 27.9 Å². The van der Waals surface area contributed by atoms with E-state index in [2.05, 4.69) is 10.2 Å². The second-order valence-electron chi connectivity index (χ2n) is 3.48. The molecule has 1 heterocycles. The largest absolute Gasteiger partial charge is 0.480 e. The Morgan fingerprint density at radius 2 is 1.94 bits per heavy atom. The monoisotopic (exact) mass is 239 g/mol. The van der Waals surface area contributed by atoms with E-state index in [-0.39, 0.29) is 6.42 Å². The molecule has 1 aliphatic rings. The van der Waals surface area contributed by atoms with Crippen LogP contribution in [0.15, 0.2) is 10.2 Å². The van der Waals surface area contributed by atoms with Crippen LogP contribution in [0.2, 0.25) is 0 Å². The Labute approximate surface area is 87.5 Å². The molecule has 1 rings (SSSR count). The van der Waals surface area contributed by atoms with Crippen LogP contribution in [-0.2, 0) is 9.59 Å². The van der Waals surface area contributed by atoms with E-state index in [0.717, 1.165) is 0 Å². The highest BCUT2D eigenvalue weighted by atomic mass is 19.4. The van der Waals surface area contributed by atoms with Gasteiger partial charge in [-0.15, -0.1) is 0 Å². The van der Waals surface area contributed by atoms with Crippen LogP contribution in [0.3, 0.4) is 0 Å². The van der Waals surface area contributed by atoms with Crippen molar-refractivity contribution in [2.75, 3.05) is 0 Å². The van der Waals surface area contributed by atoms with Crippen LogP contribution in [0.4, 0.5) is 13.2 Å². The number of hydrogen-bond donors (Lipinski definition) is 2. The smallest absolute Gasteiger partial charge is 0.471 e. The lowest BCUT2D eigenvalue weighted by Crippen LogP contribution is -2.48. The molecule has 9 heteroatoms. The lowest BCUT2D eigenvalue weighted by molar-refractivity contribution is -0.175. The number of halogens is 3. The number of amides is 1. The van der Waals surface area contributed by atoms with Crippen molar-refractivity contribution in [2.45, 2.75) is 31.2 Å². The van der Waals surface area contributed by atoms with Gasteiger partial charge in [0.2, 0.25) is 0 Å². The molecule has 16 heavy (non-hydrogen) atoms. The Kier molecular flexibility index (Phi) is 2.89. The Hall–Kier alpha value is -1.67. The normalized spacial score (nSPS) is 19.0. The predicted octanol–water partition coefficient (Wildman–Crippen LogP) is 0.690. The molecule has 0 aliphatic carbocycles. The van der Waals surface area contributed by atoms with Crippen molar-refractivity contribution in [3.8, 4) is 0 Å². The molecule has 2 N–H and O–H groups in total. The van der Waals surface area contributed by atoms with Gasteiger partial charge in [-0.05, 0) is 6.92 Å². The summed E-state index contributed by atoms with van der Waals surface area (Å²) in [4.78, 5) is 21.1. The number of nitrogens with zero attached hydrogens (tertiary/aromatic N) is 2. The van der Waals surface area contributed by atoms with E-state index in [9.17, 15) is 22.8 Å². The van der Waals surface area contributed by atoms with Crippen molar-refractivity contribution in [1.29, 1.82) is 0 Å². The quantitative estimate of drug-likeness (QED) is 0.756. The minimum absolute atomic E-state index is 0.301. The molecule has 0 fully saturated rings. The van der Waals surface area contributed by atoms with Crippen LogP contribution >= 0.6 is 0 Å². The zero-order chi connectivity index (χ0) is 12.6. The number of carbonyl (C=O) groups excluding carboxylic acids is 1. The van der Waals surface area contributed by atoms with Gasteiger partial charge < -0.3 is 10.4 Å². The first-order valence-corrected chi connectivity index (χ1v) is 4.19. The summed E-state index contributed by atoms with van der Waals surface area (Å²) in [5.74, 6) is -3.85. The van der Waals surface area contributed by atoms with E-state index >= 15 is 0 Å². The molecule has 1 atom stereocenters. The lowest BCUT2D eigenvalue weighted by Gasteiger charge is -2.16. The van der Waals surface area contributed by atoms with Crippen LogP contribution in [0.5, 0.6) is 0 Å². The molecule has 0 aromatic carbocycles. The van der Waals surface area contributed by atoms with E-state index in [1.807, 2.05) is 0 Å². The molecule has 0 aromatic rings. The fraction of sp³-hybridized carbons (Fsp3) is 0.714. The van der Waals surface area contributed by atoms with Crippen LogP contribution < -0.4 is 5.32 Å². The first-order valence-electron chi connectivity index (χ1n) is 4.19. The van der Waals surface area contributed by atoms with Crippen molar-refractivity contribution in [3.63, 3.8) is 0 Å². The van der Waals surface area contributed by atoms with Gasteiger partial charge in [-0.1, -0.05) is 0 Å². The summed E-state index contributed by atoms with van der Waals surface area (Å²) < 4.78 is 35.6. The first kappa shape index (κ1) is 12.4. The Morgan fingerprint density at radius 3 is 2.25 bits per heavy atom. The summed E-state index contributed by atoms with van der Waals surface area (Å²) >= 11 is 0. The predicted molar refractivity (Wildman–Crippen MR) is 43.5 cm³/mol. The second kappa shape index (κ2) is 3.72. The van der Waals surface area contributed by atoms with Gasteiger partial charge in [0.25, 0.3) is 0 Å². The van der Waals surface area contributed by atoms with Gasteiger partial charge in [-0.2, -0.15) is 23.4 Å². The van der Waals surface area contributed by atoms with Crippen molar-refractivity contribution in [1.82, 2.24) is 5.32 Å². The van der Waals surface area contributed by atoms with Crippen molar-refractivity contribution in [3.05, 3.63) is 0 Å². The lowest BCUT2D eigenvalue weighted by atomic mass is 10.1. The SMILES string of the molecule is CC1(C[C@H](NC(=O)C(F)(F)F)C(=O)O)N=N1. The highest BCUT2D eigenvalue weighted by molar-refractivity contribution is 5.86. The van der Waals surface area contributed by atoms with E-state index in [1.54, 1.807) is 0 Å². The number of carbonyl (C=O) groups is 2. The zero-order valence-electron chi connectivity index (χ0n) is 8.08. The molecular formula is C7H8F3N3O3. The van der Waals surface area contributed by atoms with E-state index < -0.39 is 29.8 Å². The average Bonchev–Trinajstić information content (AvgIpc) is 2.80. The second-order valence-corrected chi connectivity index (χ2v) is 3.48. The summed E-state index contributed by atoms with van der Waals surface area (Å²) in [5.41, 5.74) is -0.998. The molecule has 90 valence electrons. The Morgan fingerprint density at radius 1 is 1.44 bits per heavy atom. The van der Waals surface area contributed by atoms with Gasteiger partial charge in [0.05, 0.1) is 0 Å². The third-order valence-corrected chi connectivity index (χ3v) is 1.89. The first-order chi connectivity index (χ1) is 7.14. The fourth-order valence-electron chi connectivity index (χ4n) is 0.994. The maximum absolute atomic E-state index is 11.9. The third kappa shape index (κ3) is 3.17. The molecule has 0 spiro atoms. The molecule has 1 aliphatic heterocycles. The maximum Gasteiger partial charge on any atom is 0.471 e. The summed E-state index contributed by atoms with van der Waals surface area (Å²) in [6, 6.07) is -1.66. The molecule has 1 amide bonds. The standard InChI is InChI=1S/C7H8F3N3O3/c1-6(12-13-6)2-3(4(14)15)11-5(16)7(8,9)10/h3H,2H2,1H3,(H,11,16)(H,14,15)/t3-/m0/s1. The average molecular weight is 239 g/mol. The number of nitrogens with one attached hydrogen (secondary N) is 1. The summed E-state index contributed by atoms with van der Waals surface area (Å²) in [6.07, 6.45) is -5.41. The molecule has 0 saturated carbocycles. The Bertz CT molecular complexity index is 347. The zero-order valence-corrected chi connectivity index (χ0v) is 8.08. The topological polar surface area (TPSA) is 91.1 Å². The van der Waals surface area contributed by atoms with Crippen LogP contribution in [0.1, 0.15) is 13.3 Å². The molecular weight excluding hydrogens is 231 g/mol. The highest BCUT2D eigenvalue weighted by Crippen LogP contribution is 2.32. The summed E-state index contributed by atoms with van der Waals surface area (Å²) in [6.45, 7) is 1.45. The number of carboxylic acids is 1. The maximum atomic E-state index is 11.9. The van der Waals surface area contributed by atoms with Gasteiger partial charge in [0.1, 0.15) is 6.04 Å². The van der Waals surface area contributed by atoms with Crippen LogP contribution in [0, 0.1) is 0 Å². The van der Waals surface area contributed by atoms with Crippen LogP contribution in [0.25, 0.3) is 0 Å². The number of alkyl halides is 3. The molecule has 0 unspecified atom stereocenters. The molecule has 0 saturated heterocycles. The molecule has 6 nitrogen and oxygen atoms in total. The third-order valence-electron chi connectivity index (χ3n) is 1.89. The minimum atomic E-state index is -5.10. The van der Waals surface area contributed by atoms with E-state index in [1.165, 1.54) is 12.2 Å². The van der Waals surface area contributed by atoms with Gasteiger partial charge >= 0.3 is 18.1 Å². The van der Waals surface area contributed by atoms with Crippen LogP contribution in [-0.4, -0.2) is 34.9 Å².